The number of rotatable bonds is 5. The van der Waals surface area contributed by atoms with Gasteiger partial charge in [-0.05, 0) is 23.6 Å². The first kappa shape index (κ1) is 15.9. The van der Waals surface area contributed by atoms with Gasteiger partial charge in [0.2, 0.25) is 10.0 Å². The molecular formula is C15H17ClN2O2S. The zero-order valence-corrected chi connectivity index (χ0v) is 13.5. The molecule has 6 heteroatoms. The van der Waals surface area contributed by atoms with Crippen molar-refractivity contribution in [1.82, 2.24) is 9.29 Å². The molecule has 0 saturated carbocycles. The van der Waals surface area contributed by atoms with Crippen molar-refractivity contribution in [1.29, 1.82) is 0 Å². The average molecular weight is 325 g/mol. The average Bonchev–Trinajstić information content (AvgIpc) is 2.48. The van der Waals surface area contributed by atoms with E-state index >= 15 is 0 Å². The molecule has 0 bridgehead atoms. The molecule has 0 spiro atoms. The summed E-state index contributed by atoms with van der Waals surface area (Å²) in [6.07, 6.45) is 3.69. The summed E-state index contributed by atoms with van der Waals surface area (Å²) in [5, 5.41) is 0.179. The van der Waals surface area contributed by atoms with Gasteiger partial charge in [-0.2, -0.15) is 4.31 Å². The van der Waals surface area contributed by atoms with Crippen LogP contribution < -0.4 is 0 Å². The normalized spacial score (nSPS) is 11.8. The summed E-state index contributed by atoms with van der Waals surface area (Å²) in [7, 11) is -2.11. The van der Waals surface area contributed by atoms with Crippen LogP contribution in [0.1, 0.15) is 18.1 Å². The maximum absolute atomic E-state index is 12.5. The van der Waals surface area contributed by atoms with E-state index in [0.29, 0.717) is 0 Å². The van der Waals surface area contributed by atoms with Crippen LogP contribution in [0.2, 0.25) is 5.02 Å². The first-order valence-corrected chi connectivity index (χ1v) is 8.40. The molecule has 0 atom stereocenters. The van der Waals surface area contributed by atoms with Crippen molar-refractivity contribution in [2.45, 2.75) is 24.8 Å². The maximum atomic E-state index is 12.5. The molecule has 0 aliphatic carbocycles. The van der Waals surface area contributed by atoms with Crippen LogP contribution in [0.4, 0.5) is 0 Å². The molecule has 1 aromatic carbocycles. The highest BCUT2D eigenvalue weighted by molar-refractivity contribution is 7.89. The Morgan fingerprint density at radius 2 is 1.76 bits per heavy atom. The molecule has 2 rings (SSSR count). The molecule has 0 aliphatic heterocycles. The fourth-order valence-corrected chi connectivity index (χ4v) is 3.50. The molecule has 21 heavy (non-hydrogen) atoms. The molecule has 0 N–H and O–H groups in total. The summed E-state index contributed by atoms with van der Waals surface area (Å²) in [5.41, 5.74) is 2.15. The lowest BCUT2D eigenvalue weighted by atomic mass is 10.1. The van der Waals surface area contributed by atoms with E-state index in [1.54, 1.807) is 0 Å². The summed E-state index contributed by atoms with van der Waals surface area (Å²) < 4.78 is 26.2. The third-order valence-electron chi connectivity index (χ3n) is 3.26. The summed E-state index contributed by atoms with van der Waals surface area (Å²) in [5.74, 6) is 0. The Kier molecular flexibility index (Phi) is 4.98. The molecule has 112 valence electrons. The molecule has 0 fully saturated rings. The van der Waals surface area contributed by atoms with Gasteiger partial charge >= 0.3 is 0 Å². The van der Waals surface area contributed by atoms with Crippen molar-refractivity contribution in [2.24, 2.45) is 0 Å². The third-order valence-corrected chi connectivity index (χ3v) is 5.53. The van der Waals surface area contributed by atoms with Gasteiger partial charge in [-0.15, -0.1) is 0 Å². The second-order valence-corrected chi connectivity index (χ2v) is 7.16. The van der Waals surface area contributed by atoms with E-state index in [9.17, 15) is 8.42 Å². The largest absolute Gasteiger partial charge is 0.263 e. The van der Waals surface area contributed by atoms with Crippen LogP contribution in [0.25, 0.3) is 0 Å². The molecule has 2 aromatic rings. The van der Waals surface area contributed by atoms with Gasteiger partial charge in [0.05, 0.1) is 5.02 Å². The number of nitrogens with zero attached hydrogens (tertiary/aromatic N) is 2. The second-order valence-electron chi connectivity index (χ2n) is 4.74. The lowest BCUT2D eigenvalue weighted by Gasteiger charge is -2.18. The fraction of sp³-hybridized carbons (Fsp3) is 0.267. The maximum Gasteiger partial charge on any atom is 0.246 e. The zero-order chi connectivity index (χ0) is 15.5. The topological polar surface area (TPSA) is 50.3 Å². The number of halogens is 1. The zero-order valence-electron chi connectivity index (χ0n) is 12.0. The van der Waals surface area contributed by atoms with E-state index in [1.807, 2.05) is 24.3 Å². The standard InChI is InChI=1S/C15H17ClN2O2S/c1-3-12-4-6-13(7-5-12)11-18(2)21(19,20)15-10-17-9-8-14(15)16/h4-10H,3,11H2,1-2H3. The molecule has 1 aromatic heterocycles. The van der Waals surface area contributed by atoms with Crippen molar-refractivity contribution in [3.8, 4) is 0 Å². The minimum atomic E-state index is -3.64. The molecular weight excluding hydrogens is 308 g/mol. The number of pyridine rings is 1. The van der Waals surface area contributed by atoms with Crippen molar-refractivity contribution in [3.05, 3.63) is 58.9 Å². The Morgan fingerprint density at radius 3 is 2.33 bits per heavy atom. The lowest BCUT2D eigenvalue weighted by molar-refractivity contribution is 0.466. The van der Waals surface area contributed by atoms with E-state index in [0.717, 1.165) is 12.0 Å². The van der Waals surface area contributed by atoms with Crippen molar-refractivity contribution >= 4 is 21.6 Å². The summed E-state index contributed by atoms with van der Waals surface area (Å²) >= 11 is 5.95. The number of hydrogen-bond donors (Lipinski definition) is 0. The highest BCUT2D eigenvalue weighted by atomic mass is 35.5. The minimum Gasteiger partial charge on any atom is -0.263 e. The predicted octanol–water partition coefficient (Wildman–Crippen LogP) is 3.12. The van der Waals surface area contributed by atoms with E-state index < -0.39 is 10.0 Å². The van der Waals surface area contributed by atoms with Gasteiger partial charge in [-0.25, -0.2) is 8.42 Å². The minimum absolute atomic E-state index is 0.0272. The van der Waals surface area contributed by atoms with Crippen molar-refractivity contribution < 1.29 is 8.42 Å². The quantitative estimate of drug-likeness (QED) is 0.849. The summed E-state index contributed by atoms with van der Waals surface area (Å²) in [6, 6.07) is 9.36. The van der Waals surface area contributed by atoms with Gasteiger partial charge in [-0.3, -0.25) is 4.98 Å². The van der Waals surface area contributed by atoms with E-state index in [1.165, 1.54) is 35.4 Å². The lowest BCUT2D eigenvalue weighted by Crippen LogP contribution is -2.26. The Bertz CT molecular complexity index is 715. The van der Waals surface area contributed by atoms with Crippen LogP contribution >= 0.6 is 11.6 Å². The predicted molar refractivity (Wildman–Crippen MR) is 83.7 cm³/mol. The second kappa shape index (κ2) is 6.56. The molecule has 0 unspecified atom stereocenters. The van der Waals surface area contributed by atoms with Crippen molar-refractivity contribution in [2.75, 3.05) is 7.05 Å². The Labute approximate surface area is 130 Å². The number of sulfonamides is 1. The van der Waals surface area contributed by atoms with E-state index in [2.05, 4.69) is 11.9 Å². The first-order chi connectivity index (χ1) is 9.95. The molecule has 0 aliphatic rings. The molecule has 1 heterocycles. The number of hydrogen-bond acceptors (Lipinski definition) is 3. The third kappa shape index (κ3) is 3.61. The Morgan fingerprint density at radius 1 is 1.14 bits per heavy atom. The summed E-state index contributed by atoms with van der Waals surface area (Å²) in [6.45, 7) is 2.37. The van der Waals surface area contributed by atoms with Crippen LogP contribution in [-0.2, 0) is 23.0 Å². The molecule has 0 amide bonds. The number of benzene rings is 1. The van der Waals surface area contributed by atoms with Crippen LogP contribution in [0.15, 0.2) is 47.6 Å². The van der Waals surface area contributed by atoms with Crippen LogP contribution in [0.3, 0.4) is 0 Å². The van der Waals surface area contributed by atoms with Crippen molar-refractivity contribution in [3.63, 3.8) is 0 Å². The van der Waals surface area contributed by atoms with Crippen LogP contribution in [0.5, 0.6) is 0 Å². The highest BCUT2D eigenvalue weighted by Gasteiger charge is 2.23. The van der Waals surface area contributed by atoms with Gasteiger partial charge in [0, 0.05) is 26.0 Å². The molecule has 0 saturated heterocycles. The van der Waals surface area contributed by atoms with E-state index in [-0.39, 0.29) is 16.5 Å². The van der Waals surface area contributed by atoms with Gasteiger partial charge in [0.15, 0.2) is 0 Å². The number of aryl methyl sites for hydroxylation is 1. The van der Waals surface area contributed by atoms with E-state index in [4.69, 9.17) is 11.6 Å². The van der Waals surface area contributed by atoms with Gasteiger partial charge in [0.1, 0.15) is 4.90 Å². The molecule has 0 radical (unpaired) electrons. The monoisotopic (exact) mass is 324 g/mol. The van der Waals surface area contributed by atoms with Gasteiger partial charge in [-0.1, -0.05) is 42.8 Å². The fourth-order valence-electron chi connectivity index (χ4n) is 1.94. The molecule has 4 nitrogen and oxygen atoms in total. The first-order valence-electron chi connectivity index (χ1n) is 6.59. The van der Waals surface area contributed by atoms with Gasteiger partial charge in [0.25, 0.3) is 0 Å². The summed E-state index contributed by atoms with van der Waals surface area (Å²) in [4.78, 5) is 3.86. The SMILES string of the molecule is CCc1ccc(CN(C)S(=O)(=O)c2cnccc2Cl)cc1. The van der Waals surface area contributed by atoms with Crippen LogP contribution in [0, 0.1) is 0 Å². The van der Waals surface area contributed by atoms with Gasteiger partial charge < -0.3 is 0 Å². The van der Waals surface area contributed by atoms with Crippen LogP contribution in [-0.4, -0.2) is 24.8 Å². The number of aromatic nitrogens is 1. The highest BCUT2D eigenvalue weighted by Crippen LogP contribution is 2.23. The Hall–Kier alpha value is -1.43. The Balaban J connectivity index is 2.22. The smallest absolute Gasteiger partial charge is 0.246 e.